The van der Waals surface area contributed by atoms with Crippen LogP contribution < -0.4 is 5.32 Å². The van der Waals surface area contributed by atoms with Crippen LogP contribution in [0.15, 0.2) is 35.5 Å². The highest BCUT2D eigenvalue weighted by Gasteiger charge is 2.70. The van der Waals surface area contributed by atoms with Gasteiger partial charge in [-0.1, -0.05) is 72.8 Å². The fraction of sp³-hybridized carbons (Fsp3) is 0.833. The number of halogens is 1. The van der Waals surface area contributed by atoms with Gasteiger partial charge >= 0.3 is 11.9 Å². The predicted molar refractivity (Wildman–Crippen MR) is 228 cm³/mol. The molecule has 0 radical (unpaired) electrons. The Hall–Kier alpha value is -2.04. The van der Waals surface area contributed by atoms with E-state index in [1.165, 1.54) is 68.1 Å². The molecule has 10 atom stereocenters. The van der Waals surface area contributed by atoms with Crippen molar-refractivity contribution in [2.75, 3.05) is 51.2 Å². The van der Waals surface area contributed by atoms with Crippen LogP contribution in [0.1, 0.15) is 132 Å². The summed E-state index contributed by atoms with van der Waals surface area (Å²) in [4.78, 5) is 27.4. The first kappa shape index (κ1) is 44.0. The van der Waals surface area contributed by atoms with E-state index in [2.05, 4.69) is 70.5 Å². The van der Waals surface area contributed by atoms with Crippen molar-refractivity contribution in [1.82, 2.24) is 10.2 Å². The summed E-state index contributed by atoms with van der Waals surface area (Å²) in [5.41, 5.74) is 3.44. The van der Waals surface area contributed by atoms with Crippen LogP contribution in [0.25, 0.3) is 0 Å². The summed E-state index contributed by atoms with van der Waals surface area (Å²) < 4.78 is 49.2. The number of nitrogens with one attached hydrogen (secondary N) is 1. The fourth-order valence-electron chi connectivity index (χ4n) is 15.0. The van der Waals surface area contributed by atoms with Gasteiger partial charge in [0.2, 0.25) is 6.79 Å². The SMILES string of the molecule is C=C(C)[C@@H]1CC[C@]2(NCCN3CCS(=O)(=O)CC3)CC[C@]3(C)[C@H](CC[C@@H]4[C@@]5(C)CC=C(C6=CC[C@@](CF)(C(=O)OCOC(=O)C(C)C)CC6)C(C)(C)[C@@H]5CC[C@]43C)[C@@H]12. The van der Waals surface area contributed by atoms with E-state index >= 15 is 0 Å². The Kier molecular flexibility index (Phi) is 11.9. The smallest absolute Gasteiger partial charge is 0.317 e. The molecular formula is C48H75FN2O6S. The zero-order valence-electron chi connectivity index (χ0n) is 37.2. The Labute approximate surface area is 349 Å². The maximum absolute atomic E-state index is 14.7. The van der Waals surface area contributed by atoms with Crippen molar-refractivity contribution >= 4 is 21.8 Å². The monoisotopic (exact) mass is 827 g/mol. The van der Waals surface area contributed by atoms with E-state index in [0.717, 1.165) is 19.5 Å². The Morgan fingerprint density at radius 3 is 2.28 bits per heavy atom. The average molecular weight is 827 g/mol. The number of sulfone groups is 1. The van der Waals surface area contributed by atoms with Gasteiger partial charge in [-0.3, -0.25) is 9.59 Å². The fourth-order valence-corrected chi connectivity index (χ4v) is 16.3. The van der Waals surface area contributed by atoms with Gasteiger partial charge < -0.3 is 19.7 Å². The molecule has 58 heavy (non-hydrogen) atoms. The van der Waals surface area contributed by atoms with Crippen LogP contribution in [-0.4, -0.2) is 81.9 Å². The largest absolute Gasteiger partial charge is 0.428 e. The molecule has 0 bridgehead atoms. The highest BCUT2D eigenvalue weighted by atomic mass is 32.2. The van der Waals surface area contributed by atoms with Gasteiger partial charge in [-0.15, -0.1) is 0 Å². The summed E-state index contributed by atoms with van der Waals surface area (Å²) in [5, 5.41) is 4.21. The van der Waals surface area contributed by atoms with E-state index in [4.69, 9.17) is 9.47 Å². The molecule has 0 spiro atoms. The number of fused-ring (bicyclic) bond motifs is 7. The number of carbonyl (C=O) groups excluding carboxylic acids is 2. The maximum Gasteiger partial charge on any atom is 0.317 e. The molecule has 7 rings (SSSR count). The van der Waals surface area contributed by atoms with Crippen LogP contribution in [0, 0.1) is 62.6 Å². The lowest BCUT2D eigenvalue weighted by Gasteiger charge is -2.72. The molecule has 0 amide bonds. The van der Waals surface area contributed by atoms with Gasteiger partial charge in [0.1, 0.15) is 12.1 Å². The van der Waals surface area contributed by atoms with Crippen molar-refractivity contribution in [2.24, 2.45) is 62.6 Å². The van der Waals surface area contributed by atoms with Gasteiger partial charge in [0.05, 0.1) is 17.4 Å². The molecular weight excluding hydrogens is 752 g/mol. The van der Waals surface area contributed by atoms with E-state index < -0.39 is 40.7 Å². The zero-order valence-corrected chi connectivity index (χ0v) is 38.0. The van der Waals surface area contributed by atoms with Crippen LogP contribution in [0.5, 0.6) is 0 Å². The number of ether oxygens (including phenoxy) is 2. The topological polar surface area (TPSA) is 102 Å². The lowest BCUT2D eigenvalue weighted by atomic mass is 9.33. The number of rotatable bonds is 11. The number of carbonyl (C=O) groups is 2. The molecule has 1 heterocycles. The third kappa shape index (κ3) is 7.20. The molecule has 0 aromatic carbocycles. The minimum atomic E-state index is -2.88. The van der Waals surface area contributed by atoms with E-state index in [0.29, 0.717) is 55.5 Å². The number of allylic oxidation sites excluding steroid dienone is 5. The number of alkyl halides is 1. The number of esters is 2. The standard InChI is InChI=1S/C48H75FN2O6S/c1-32(2)35-14-21-48(50-24-25-51-26-28-58(54,55)29-27-51)23-22-45(8)37(40(35)48)10-11-39-44(7)17-15-36(43(5,6)38(44)16-18-46(39,45)9)34-12-19-47(30-49,20-13-34)42(53)57-31-56-41(52)33(3)4/h12,15,33,35,37-40,50H,1,10-11,13-14,16-31H2,2-9H3/t35-,37+,38-,39+,40+,44-,45+,46+,47+,48-/m0/s1. The third-order valence-corrected chi connectivity index (χ3v) is 20.1. The molecule has 10 heteroatoms. The van der Waals surface area contributed by atoms with Gasteiger partial charge in [0.25, 0.3) is 0 Å². The van der Waals surface area contributed by atoms with Crippen LogP contribution in [0.4, 0.5) is 4.39 Å². The molecule has 0 aromatic heterocycles. The molecule has 5 fully saturated rings. The van der Waals surface area contributed by atoms with Gasteiger partial charge in [0, 0.05) is 31.7 Å². The first-order valence-corrected chi connectivity index (χ1v) is 24.6. The van der Waals surface area contributed by atoms with Crippen molar-refractivity contribution in [3.63, 3.8) is 0 Å². The second-order valence-corrected chi connectivity index (χ2v) is 24.1. The summed E-state index contributed by atoms with van der Waals surface area (Å²) in [7, 11) is -2.88. The minimum absolute atomic E-state index is 0.0557. The Bertz CT molecular complexity index is 1790. The number of hydrogen-bond acceptors (Lipinski definition) is 8. The second-order valence-electron chi connectivity index (χ2n) is 21.8. The highest BCUT2D eigenvalue weighted by Crippen LogP contribution is 2.76. The van der Waals surface area contributed by atoms with Gasteiger partial charge in [-0.2, -0.15) is 0 Å². The van der Waals surface area contributed by atoms with Crippen molar-refractivity contribution in [2.45, 2.75) is 138 Å². The van der Waals surface area contributed by atoms with E-state index in [1.54, 1.807) is 13.8 Å². The molecule has 4 saturated carbocycles. The highest BCUT2D eigenvalue weighted by molar-refractivity contribution is 7.91. The van der Waals surface area contributed by atoms with Crippen molar-refractivity contribution in [1.29, 1.82) is 0 Å². The van der Waals surface area contributed by atoms with E-state index in [9.17, 15) is 22.4 Å². The zero-order chi connectivity index (χ0) is 42.1. The van der Waals surface area contributed by atoms with Crippen LogP contribution >= 0.6 is 0 Å². The molecule has 1 saturated heterocycles. The molecule has 326 valence electrons. The summed E-state index contributed by atoms with van der Waals surface area (Å²) >= 11 is 0. The summed E-state index contributed by atoms with van der Waals surface area (Å²) in [6.07, 6.45) is 16.8. The van der Waals surface area contributed by atoms with Gasteiger partial charge in [-0.25, -0.2) is 12.8 Å². The maximum atomic E-state index is 14.7. The second kappa shape index (κ2) is 15.7. The molecule has 1 N–H and O–H groups in total. The Morgan fingerprint density at radius 1 is 0.914 bits per heavy atom. The average Bonchev–Trinajstić information content (AvgIpc) is 3.55. The van der Waals surface area contributed by atoms with Crippen LogP contribution in [0.2, 0.25) is 0 Å². The number of hydrogen-bond donors (Lipinski definition) is 1. The van der Waals surface area contributed by atoms with Crippen molar-refractivity contribution in [3.8, 4) is 0 Å². The summed E-state index contributed by atoms with van der Waals surface area (Å²) in [6.45, 7) is 25.1. The van der Waals surface area contributed by atoms with E-state index in [1.807, 2.05) is 0 Å². The summed E-state index contributed by atoms with van der Waals surface area (Å²) in [6, 6.07) is 0. The lowest BCUT2D eigenvalue weighted by molar-refractivity contribution is -0.221. The first-order valence-electron chi connectivity index (χ1n) is 22.8. The Morgan fingerprint density at radius 2 is 1.64 bits per heavy atom. The Balaban J connectivity index is 1.08. The lowest BCUT2D eigenvalue weighted by Crippen LogP contribution is -2.68. The molecule has 8 nitrogen and oxygen atoms in total. The quantitative estimate of drug-likeness (QED) is 0.125. The molecule has 6 aliphatic carbocycles. The minimum Gasteiger partial charge on any atom is -0.428 e. The predicted octanol–water partition coefficient (Wildman–Crippen LogP) is 9.02. The van der Waals surface area contributed by atoms with Crippen molar-refractivity contribution < 1.29 is 31.9 Å². The number of nitrogens with zero attached hydrogens (tertiary/aromatic N) is 1. The molecule has 7 aliphatic rings. The molecule has 0 aromatic rings. The first-order chi connectivity index (χ1) is 27.2. The van der Waals surface area contributed by atoms with Gasteiger partial charge in [-0.05, 0) is 146 Å². The van der Waals surface area contributed by atoms with Gasteiger partial charge in [0.15, 0.2) is 9.84 Å². The normalized spacial score (nSPS) is 41.9. The molecule has 1 aliphatic heterocycles. The molecule has 0 unspecified atom stereocenters. The van der Waals surface area contributed by atoms with Crippen molar-refractivity contribution in [3.05, 3.63) is 35.5 Å². The third-order valence-electron chi connectivity index (χ3n) is 18.5. The van der Waals surface area contributed by atoms with Crippen LogP contribution in [-0.2, 0) is 28.9 Å². The summed E-state index contributed by atoms with van der Waals surface area (Å²) in [5.74, 6) is 2.06. The van der Waals surface area contributed by atoms with E-state index in [-0.39, 0.29) is 51.0 Å². The van der Waals surface area contributed by atoms with Crippen LogP contribution in [0.3, 0.4) is 0 Å².